The predicted octanol–water partition coefficient (Wildman–Crippen LogP) is 2.45. The maximum Gasteiger partial charge on any atom is 0.317 e. The van der Waals surface area contributed by atoms with Gasteiger partial charge >= 0.3 is 6.03 Å². The number of nitrogens with zero attached hydrogens (tertiary/aromatic N) is 3. The zero-order valence-electron chi connectivity index (χ0n) is 15.5. The van der Waals surface area contributed by atoms with Crippen molar-refractivity contribution in [2.24, 2.45) is 0 Å². The van der Waals surface area contributed by atoms with Crippen molar-refractivity contribution in [3.63, 3.8) is 0 Å². The third kappa shape index (κ3) is 4.53. The predicted molar refractivity (Wildman–Crippen MR) is 108 cm³/mol. The van der Waals surface area contributed by atoms with E-state index in [1.54, 1.807) is 23.1 Å². The monoisotopic (exact) mass is 396 g/mol. The molecule has 0 aromatic carbocycles. The lowest BCUT2D eigenvalue weighted by atomic mass is 10.3. The normalized spacial score (nSPS) is 24.3. The molecule has 2 unspecified atom stereocenters. The van der Waals surface area contributed by atoms with Crippen LogP contribution in [0.5, 0.6) is 0 Å². The number of thioether (sulfide) groups is 1. The van der Waals surface area contributed by atoms with Crippen molar-refractivity contribution in [1.82, 2.24) is 20.0 Å². The highest BCUT2D eigenvalue weighted by Gasteiger charge is 2.38. The molecular weight excluding hydrogens is 368 g/mol. The van der Waals surface area contributed by atoms with Gasteiger partial charge in [0.15, 0.2) is 0 Å². The standard InChI is InChI=1S/C18H28N4O2S2/c1-3-6-19-18(24)21-10-7-20(8-11-21)9-12-22-16(23)14(2)26-17(22)15-5-4-13-25-15/h4-5,13-14,17H,3,6-12H2,1-2H3,(H,19,24). The SMILES string of the molecule is CCCNC(=O)N1CCN(CCN2C(=O)C(C)SC2c2cccs2)CC1. The van der Waals surface area contributed by atoms with Gasteiger partial charge in [-0.3, -0.25) is 9.69 Å². The lowest BCUT2D eigenvalue weighted by molar-refractivity contribution is -0.130. The highest BCUT2D eigenvalue weighted by Crippen LogP contribution is 2.44. The van der Waals surface area contributed by atoms with Crippen molar-refractivity contribution in [2.45, 2.75) is 30.9 Å². The minimum atomic E-state index is 0.0289. The maximum absolute atomic E-state index is 12.6. The van der Waals surface area contributed by atoms with E-state index in [2.05, 4.69) is 34.7 Å². The Hall–Kier alpha value is -1.25. The van der Waals surface area contributed by atoms with Crippen LogP contribution in [0.25, 0.3) is 0 Å². The van der Waals surface area contributed by atoms with Crippen LogP contribution in [0.15, 0.2) is 17.5 Å². The summed E-state index contributed by atoms with van der Waals surface area (Å²) < 4.78 is 0. The van der Waals surface area contributed by atoms with Gasteiger partial charge in [-0.15, -0.1) is 23.1 Å². The Balaban J connectivity index is 1.48. The van der Waals surface area contributed by atoms with Gasteiger partial charge in [-0.2, -0.15) is 0 Å². The Morgan fingerprint density at radius 3 is 2.69 bits per heavy atom. The number of carbonyl (C=O) groups excluding carboxylic acids is 2. The van der Waals surface area contributed by atoms with Crippen molar-refractivity contribution < 1.29 is 9.59 Å². The van der Waals surface area contributed by atoms with E-state index in [0.29, 0.717) is 0 Å². The summed E-state index contributed by atoms with van der Waals surface area (Å²) >= 11 is 3.46. The molecule has 0 aliphatic carbocycles. The van der Waals surface area contributed by atoms with E-state index in [4.69, 9.17) is 0 Å². The molecule has 0 bridgehead atoms. The molecule has 8 heteroatoms. The topological polar surface area (TPSA) is 55.9 Å². The zero-order chi connectivity index (χ0) is 18.5. The van der Waals surface area contributed by atoms with Crippen molar-refractivity contribution in [3.05, 3.63) is 22.4 Å². The molecule has 3 heterocycles. The molecule has 2 saturated heterocycles. The number of hydrogen-bond donors (Lipinski definition) is 1. The van der Waals surface area contributed by atoms with Gasteiger partial charge in [-0.1, -0.05) is 13.0 Å². The molecule has 1 aromatic heterocycles. The van der Waals surface area contributed by atoms with Crippen molar-refractivity contribution in [1.29, 1.82) is 0 Å². The van der Waals surface area contributed by atoms with Crippen LogP contribution in [0.1, 0.15) is 30.5 Å². The number of thiophene rings is 1. The Kier molecular flexibility index (Phi) is 6.83. The number of carbonyl (C=O) groups is 2. The van der Waals surface area contributed by atoms with Crippen LogP contribution < -0.4 is 5.32 Å². The first kappa shape index (κ1) is 19.5. The fourth-order valence-corrected chi connectivity index (χ4v) is 5.58. The molecule has 0 radical (unpaired) electrons. The van der Waals surface area contributed by atoms with Crippen LogP contribution in [0.2, 0.25) is 0 Å². The first-order valence-electron chi connectivity index (χ1n) is 9.34. The van der Waals surface area contributed by atoms with Gasteiger partial charge in [-0.05, 0) is 24.8 Å². The maximum atomic E-state index is 12.6. The molecule has 2 fully saturated rings. The third-order valence-corrected chi connectivity index (χ3v) is 7.33. The molecule has 2 atom stereocenters. The van der Waals surface area contributed by atoms with Crippen LogP contribution in [0.4, 0.5) is 4.79 Å². The summed E-state index contributed by atoms with van der Waals surface area (Å²) in [5.41, 5.74) is 0. The number of piperazine rings is 1. The number of rotatable bonds is 6. The van der Waals surface area contributed by atoms with Crippen LogP contribution in [-0.2, 0) is 4.79 Å². The minimum Gasteiger partial charge on any atom is -0.338 e. The molecule has 6 nitrogen and oxygen atoms in total. The Bertz CT molecular complexity index is 602. The molecule has 0 saturated carbocycles. The summed E-state index contributed by atoms with van der Waals surface area (Å²) in [5, 5.41) is 5.19. The van der Waals surface area contributed by atoms with E-state index in [0.717, 1.165) is 52.2 Å². The van der Waals surface area contributed by atoms with Crippen molar-refractivity contribution >= 4 is 35.0 Å². The van der Waals surface area contributed by atoms with Gasteiger partial charge < -0.3 is 15.1 Å². The lowest BCUT2D eigenvalue weighted by Crippen LogP contribution is -2.53. The Morgan fingerprint density at radius 2 is 2.04 bits per heavy atom. The minimum absolute atomic E-state index is 0.0289. The summed E-state index contributed by atoms with van der Waals surface area (Å²) in [5.74, 6) is 0.242. The summed E-state index contributed by atoms with van der Waals surface area (Å²) in [6.45, 7) is 9.65. The summed E-state index contributed by atoms with van der Waals surface area (Å²) in [6, 6.07) is 4.22. The molecule has 2 aliphatic rings. The van der Waals surface area contributed by atoms with E-state index in [1.165, 1.54) is 4.88 Å². The van der Waals surface area contributed by atoms with Crippen molar-refractivity contribution in [2.75, 3.05) is 45.8 Å². The number of hydrogen-bond acceptors (Lipinski definition) is 5. The fourth-order valence-electron chi connectivity index (χ4n) is 3.32. The molecule has 0 spiro atoms. The molecule has 2 aliphatic heterocycles. The van der Waals surface area contributed by atoms with Gasteiger partial charge in [0.2, 0.25) is 5.91 Å². The number of urea groups is 1. The van der Waals surface area contributed by atoms with Crippen LogP contribution >= 0.6 is 23.1 Å². The van der Waals surface area contributed by atoms with Gasteiger partial charge in [0.1, 0.15) is 5.37 Å². The van der Waals surface area contributed by atoms with Crippen LogP contribution in [0.3, 0.4) is 0 Å². The average Bonchev–Trinajstić information content (AvgIpc) is 3.28. The van der Waals surface area contributed by atoms with Gasteiger partial charge in [-0.25, -0.2) is 4.79 Å². The molecular formula is C18H28N4O2S2. The molecule has 144 valence electrons. The highest BCUT2D eigenvalue weighted by atomic mass is 32.2. The van der Waals surface area contributed by atoms with E-state index < -0.39 is 0 Å². The number of nitrogens with one attached hydrogen (secondary N) is 1. The summed E-state index contributed by atoms with van der Waals surface area (Å²) in [7, 11) is 0. The molecule has 3 amide bonds. The lowest BCUT2D eigenvalue weighted by Gasteiger charge is -2.35. The third-order valence-electron chi connectivity index (χ3n) is 4.88. The van der Waals surface area contributed by atoms with E-state index in [9.17, 15) is 9.59 Å². The summed E-state index contributed by atoms with van der Waals surface area (Å²) in [6.07, 6.45) is 0.956. The second-order valence-corrected chi connectivity index (χ2v) is 9.14. The smallest absolute Gasteiger partial charge is 0.317 e. The second kappa shape index (κ2) is 9.10. The van der Waals surface area contributed by atoms with E-state index in [-0.39, 0.29) is 22.6 Å². The quantitative estimate of drug-likeness (QED) is 0.803. The van der Waals surface area contributed by atoms with Gasteiger partial charge in [0.25, 0.3) is 0 Å². The van der Waals surface area contributed by atoms with Crippen molar-refractivity contribution in [3.8, 4) is 0 Å². The largest absolute Gasteiger partial charge is 0.338 e. The molecule has 1 N–H and O–H groups in total. The molecule has 3 rings (SSSR count). The first-order valence-corrected chi connectivity index (χ1v) is 11.2. The van der Waals surface area contributed by atoms with E-state index in [1.807, 2.05) is 16.7 Å². The Labute approximate surface area is 163 Å². The van der Waals surface area contributed by atoms with Gasteiger partial charge in [0.05, 0.1) is 5.25 Å². The Morgan fingerprint density at radius 1 is 1.27 bits per heavy atom. The second-order valence-electron chi connectivity index (χ2n) is 6.74. The summed E-state index contributed by atoms with van der Waals surface area (Å²) in [4.78, 5) is 32.1. The first-order chi connectivity index (χ1) is 12.6. The average molecular weight is 397 g/mol. The molecule has 26 heavy (non-hydrogen) atoms. The highest BCUT2D eigenvalue weighted by molar-refractivity contribution is 8.01. The van der Waals surface area contributed by atoms with Crippen LogP contribution in [0, 0.1) is 0 Å². The zero-order valence-corrected chi connectivity index (χ0v) is 17.2. The molecule has 1 aromatic rings. The number of amides is 3. The van der Waals surface area contributed by atoms with Crippen LogP contribution in [-0.4, -0.2) is 77.7 Å². The van der Waals surface area contributed by atoms with E-state index >= 15 is 0 Å². The van der Waals surface area contributed by atoms with Gasteiger partial charge in [0, 0.05) is 50.7 Å². The fraction of sp³-hybridized carbons (Fsp3) is 0.667.